The number of nitrogens with zero attached hydrogens (tertiary/aromatic N) is 1. The Balaban J connectivity index is 1.66. The first kappa shape index (κ1) is 12.3. The number of nitrogens with two attached hydrogens (primary N) is 1. The van der Waals surface area contributed by atoms with E-state index < -0.39 is 0 Å². The lowest BCUT2D eigenvalue weighted by Gasteiger charge is -2.41. The second-order valence-electron chi connectivity index (χ2n) is 5.26. The van der Waals surface area contributed by atoms with Gasteiger partial charge in [0, 0.05) is 25.3 Å². The molecule has 1 fully saturated rings. The molecule has 18 heavy (non-hydrogen) atoms. The van der Waals surface area contributed by atoms with Crippen LogP contribution in [-0.2, 0) is 0 Å². The van der Waals surface area contributed by atoms with E-state index in [1.54, 1.807) is 0 Å². The summed E-state index contributed by atoms with van der Waals surface area (Å²) in [5.74, 6) is 3.02. The molecule has 0 aliphatic carbocycles. The highest BCUT2D eigenvalue weighted by atomic mass is 31.1. The molecule has 2 heterocycles. The molecule has 96 valence electrons. The first-order valence-electron chi connectivity index (χ1n) is 6.83. The molecule has 2 nitrogen and oxygen atoms in total. The Morgan fingerprint density at radius 2 is 2.06 bits per heavy atom. The van der Waals surface area contributed by atoms with Crippen molar-refractivity contribution < 1.29 is 0 Å². The van der Waals surface area contributed by atoms with Gasteiger partial charge >= 0.3 is 0 Å². The summed E-state index contributed by atoms with van der Waals surface area (Å²) in [5, 5.41) is 0. The van der Waals surface area contributed by atoms with E-state index in [1.165, 1.54) is 37.7 Å². The minimum Gasteiger partial charge on any atom is -0.324 e. The highest BCUT2D eigenvalue weighted by molar-refractivity contribution is 7.60. The van der Waals surface area contributed by atoms with Crippen molar-refractivity contribution in [3.05, 3.63) is 47.8 Å². The zero-order chi connectivity index (χ0) is 12.4. The molecular formula is C15H21N2P. The third-order valence-electron chi connectivity index (χ3n) is 4.06. The van der Waals surface area contributed by atoms with Gasteiger partial charge in [-0.25, -0.2) is 0 Å². The summed E-state index contributed by atoms with van der Waals surface area (Å²) in [4.78, 5) is 0. The van der Waals surface area contributed by atoms with Crippen molar-refractivity contribution in [3.63, 3.8) is 0 Å². The third kappa shape index (κ3) is 2.51. The van der Waals surface area contributed by atoms with Crippen LogP contribution in [0.25, 0.3) is 0 Å². The van der Waals surface area contributed by atoms with E-state index in [0.29, 0.717) is 5.92 Å². The molecule has 0 saturated carbocycles. The first-order valence-corrected chi connectivity index (χ1v) is 8.38. The molecule has 2 aliphatic rings. The molecule has 1 aromatic rings. The number of allylic oxidation sites excluding steroid dienone is 1. The second kappa shape index (κ2) is 5.52. The number of hydrogen-bond acceptors (Lipinski definition) is 2. The lowest BCUT2D eigenvalue weighted by molar-refractivity contribution is 0.246. The topological polar surface area (TPSA) is 29.3 Å². The fourth-order valence-electron chi connectivity index (χ4n) is 2.87. The molecule has 0 radical (unpaired) electrons. The van der Waals surface area contributed by atoms with Crippen LogP contribution in [0.1, 0.15) is 24.4 Å². The van der Waals surface area contributed by atoms with Gasteiger partial charge in [-0.05, 0) is 38.2 Å². The minimum atomic E-state index is 0.0610. The summed E-state index contributed by atoms with van der Waals surface area (Å²) in [7, 11) is 0.0610. The SMILES string of the molecule is NC(c1ccccc1)C1CCCN(P2C=CC2)C1. The van der Waals surface area contributed by atoms with Crippen LogP contribution in [0.5, 0.6) is 0 Å². The minimum absolute atomic E-state index is 0.0610. The molecule has 0 spiro atoms. The monoisotopic (exact) mass is 260 g/mol. The van der Waals surface area contributed by atoms with Gasteiger partial charge in [-0.3, -0.25) is 4.67 Å². The maximum Gasteiger partial charge on any atom is 0.0335 e. The normalized spacial score (nSPS) is 29.8. The van der Waals surface area contributed by atoms with E-state index in [0.717, 1.165) is 0 Å². The molecule has 2 N–H and O–H groups in total. The van der Waals surface area contributed by atoms with Crippen molar-refractivity contribution in [3.8, 4) is 0 Å². The molecule has 3 atom stereocenters. The first-order chi connectivity index (χ1) is 8.84. The molecular weight excluding hydrogens is 239 g/mol. The molecule has 3 rings (SSSR count). The van der Waals surface area contributed by atoms with Crippen LogP contribution in [0.15, 0.2) is 42.2 Å². The zero-order valence-electron chi connectivity index (χ0n) is 10.7. The fraction of sp³-hybridized carbons (Fsp3) is 0.467. The van der Waals surface area contributed by atoms with E-state index >= 15 is 0 Å². The number of rotatable bonds is 3. The molecule has 2 aliphatic heterocycles. The van der Waals surface area contributed by atoms with Crippen LogP contribution in [0, 0.1) is 5.92 Å². The molecule has 0 aromatic heterocycles. The molecule has 1 aromatic carbocycles. The average molecular weight is 260 g/mol. The van der Waals surface area contributed by atoms with E-state index in [2.05, 4.69) is 46.9 Å². The van der Waals surface area contributed by atoms with Crippen LogP contribution < -0.4 is 5.73 Å². The van der Waals surface area contributed by atoms with Gasteiger partial charge in [-0.2, -0.15) is 0 Å². The largest absolute Gasteiger partial charge is 0.324 e. The standard InChI is InChI=1S/C15H21N2P/c16-15(13-6-2-1-3-7-13)14-8-4-9-17(12-14)18-10-5-11-18/h1-3,5-7,10,14-15H,4,8-9,11-12,16H2. The number of hydrogen-bond donors (Lipinski definition) is 1. The summed E-state index contributed by atoms with van der Waals surface area (Å²) in [6.45, 7) is 2.46. The highest BCUT2D eigenvalue weighted by Crippen LogP contribution is 2.50. The van der Waals surface area contributed by atoms with Gasteiger partial charge in [-0.15, -0.1) is 0 Å². The molecule has 3 heteroatoms. The van der Waals surface area contributed by atoms with Crippen molar-refractivity contribution in [2.24, 2.45) is 11.7 Å². The summed E-state index contributed by atoms with van der Waals surface area (Å²) in [6.07, 6.45) is 6.17. The van der Waals surface area contributed by atoms with Gasteiger partial charge in [-0.1, -0.05) is 36.4 Å². The molecule has 0 amide bonds. The van der Waals surface area contributed by atoms with Crippen LogP contribution in [0.2, 0.25) is 0 Å². The van der Waals surface area contributed by atoms with Gasteiger partial charge in [0.2, 0.25) is 0 Å². The van der Waals surface area contributed by atoms with Crippen LogP contribution in [0.3, 0.4) is 0 Å². The van der Waals surface area contributed by atoms with Crippen LogP contribution in [0.4, 0.5) is 0 Å². The predicted octanol–water partition coefficient (Wildman–Crippen LogP) is 3.32. The lowest BCUT2D eigenvalue weighted by Crippen LogP contribution is -2.37. The average Bonchev–Trinajstić information content (AvgIpc) is 2.37. The smallest absolute Gasteiger partial charge is 0.0335 e. The van der Waals surface area contributed by atoms with Gasteiger partial charge in [0.1, 0.15) is 0 Å². The Bertz CT molecular complexity index is 418. The molecule has 0 bridgehead atoms. The zero-order valence-corrected chi connectivity index (χ0v) is 11.6. The Labute approximate surface area is 111 Å². The van der Waals surface area contributed by atoms with Gasteiger partial charge in [0.25, 0.3) is 0 Å². The summed E-state index contributed by atoms with van der Waals surface area (Å²) < 4.78 is 2.67. The van der Waals surface area contributed by atoms with Crippen molar-refractivity contribution in [2.45, 2.75) is 18.9 Å². The second-order valence-corrected chi connectivity index (χ2v) is 7.37. The molecule has 1 saturated heterocycles. The maximum atomic E-state index is 6.45. The quantitative estimate of drug-likeness (QED) is 0.845. The van der Waals surface area contributed by atoms with Crippen molar-refractivity contribution >= 4 is 8.07 Å². The van der Waals surface area contributed by atoms with Crippen molar-refractivity contribution in [1.29, 1.82) is 0 Å². The van der Waals surface area contributed by atoms with Gasteiger partial charge < -0.3 is 5.73 Å². The number of benzene rings is 1. The van der Waals surface area contributed by atoms with E-state index in [-0.39, 0.29) is 14.1 Å². The number of piperidine rings is 1. The Morgan fingerprint density at radius 3 is 2.72 bits per heavy atom. The van der Waals surface area contributed by atoms with Crippen molar-refractivity contribution in [1.82, 2.24) is 4.67 Å². The Hall–Kier alpha value is -0.690. The fourth-order valence-corrected chi connectivity index (χ4v) is 4.51. The van der Waals surface area contributed by atoms with Crippen LogP contribution in [-0.4, -0.2) is 23.9 Å². The van der Waals surface area contributed by atoms with Gasteiger partial charge in [0.05, 0.1) is 0 Å². The summed E-state index contributed by atoms with van der Waals surface area (Å²) >= 11 is 0. The van der Waals surface area contributed by atoms with E-state index in [1.807, 2.05) is 0 Å². The maximum absolute atomic E-state index is 6.45. The summed E-state index contributed by atoms with van der Waals surface area (Å²) in [6, 6.07) is 10.8. The van der Waals surface area contributed by atoms with E-state index in [9.17, 15) is 0 Å². The predicted molar refractivity (Wildman–Crippen MR) is 78.6 cm³/mol. The lowest BCUT2D eigenvalue weighted by atomic mass is 9.88. The molecule has 3 unspecified atom stereocenters. The third-order valence-corrected chi connectivity index (χ3v) is 6.29. The summed E-state index contributed by atoms with van der Waals surface area (Å²) in [5.41, 5.74) is 7.75. The van der Waals surface area contributed by atoms with Crippen LogP contribution >= 0.6 is 8.07 Å². The Morgan fingerprint density at radius 1 is 1.28 bits per heavy atom. The highest BCUT2D eigenvalue weighted by Gasteiger charge is 2.29. The van der Waals surface area contributed by atoms with E-state index in [4.69, 9.17) is 5.73 Å². The Kier molecular flexibility index (Phi) is 3.79. The van der Waals surface area contributed by atoms with Crippen molar-refractivity contribution in [2.75, 3.05) is 19.3 Å². The van der Waals surface area contributed by atoms with Gasteiger partial charge in [0.15, 0.2) is 0 Å².